The van der Waals surface area contributed by atoms with Gasteiger partial charge in [0.1, 0.15) is 23.7 Å². The van der Waals surface area contributed by atoms with E-state index >= 15 is 0 Å². The quantitative estimate of drug-likeness (QED) is 0.382. The van der Waals surface area contributed by atoms with Gasteiger partial charge in [-0.3, -0.25) is 4.99 Å². The molecule has 0 heterocycles. The van der Waals surface area contributed by atoms with Gasteiger partial charge in [0.15, 0.2) is 5.96 Å². The number of aliphatic imine (C=N–C) groups is 1. The standard InChI is InChI=1S/C23H33N3O3/c1-23(2,3)29-21-9-7-6-8-19(21)17-26-22(24-4)25-16-18-10-12-20(13-11-18)28-15-14-27-5/h6-13H,14-17H2,1-5H3,(H2,24,25,26). The zero-order chi connectivity index (χ0) is 21.1. The van der Waals surface area contributed by atoms with E-state index in [1.165, 1.54) is 0 Å². The predicted octanol–water partition coefficient (Wildman–Crippen LogP) is 3.75. The highest BCUT2D eigenvalue weighted by Crippen LogP contribution is 2.22. The third-order valence-electron chi connectivity index (χ3n) is 4.00. The molecule has 0 radical (unpaired) electrons. The molecule has 0 aliphatic rings. The zero-order valence-corrected chi connectivity index (χ0v) is 18.1. The fourth-order valence-electron chi connectivity index (χ4n) is 2.61. The molecule has 6 heteroatoms. The topological polar surface area (TPSA) is 64.1 Å². The molecule has 0 bridgehead atoms. The third-order valence-corrected chi connectivity index (χ3v) is 4.00. The minimum absolute atomic E-state index is 0.241. The van der Waals surface area contributed by atoms with Crippen LogP contribution in [0.2, 0.25) is 0 Å². The van der Waals surface area contributed by atoms with Crippen LogP contribution >= 0.6 is 0 Å². The van der Waals surface area contributed by atoms with Gasteiger partial charge in [-0.25, -0.2) is 0 Å². The number of hydrogen-bond donors (Lipinski definition) is 2. The maximum atomic E-state index is 6.05. The second-order valence-electron chi connectivity index (χ2n) is 7.59. The molecule has 0 amide bonds. The maximum absolute atomic E-state index is 6.05. The third kappa shape index (κ3) is 8.44. The first-order valence-corrected chi connectivity index (χ1v) is 9.83. The number of ether oxygens (including phenoxy) is 3. The molecule has 2 rings (SSSR count). The van der Waals surface area contributed by atoms with Crippen LogP contribution in [0, 0.1) is 0 Å². The molecular weight excluding hydrogens is 366 g/mol. The van der Waals surface area contributed by atoms with Crippen LogP contribution < -0.4 is 20.1 Å². The molecule has 0 aromatic heterocycles. The number of nitrogens with one attached hydrogen (secondary N) is 2. The van der Waals surface area contributed by atoms with Gasteiger partial charge in [-0.15, -0.1) is 0 Å². The SMILES string of the molecule is CN=C(NCc1ccc(OCCOC)cc1)NCc1ccccc1OC(C)(C)C. The Balaban J connectivity index is 1.86. The summed E-state index contributed by atoms with van der Waals surface area (Å²) in [7, 11) is 3.43. The molecule has 0 spiro atoms. The molecule has 0 saturated carbocycles. The Morgan fingerprint density at radius 3 is 2.28 bits per heavy atom. The lowest BCUT2D eigenvalue weighted by Gasteiger charge is -2.23. The predicted molar refractivity (Wildman–Crippen MR) is 118 cm³/mol. The molecule has 0 atom stereocenters. The summed E-state index contributed by atoms with van der Waals surface area (Å²) in [5.74, 6) is 2.45. The fraction of sp³-hybridized carbons (Fsp3) is 0.435. The Morgan fingerprint density at radius 2 is 1.62 bits per heavy atom. The molecule has 158 valence electrons. The average molecular weight is 400 g/mol. The lowest BCUT2D eigenvalue weighted by Crippen LogP contribution is -2.36. The van der Waals surface area contributed by atoms with Crippen molar-refractivity contribution in [1.29, 1.82) is 0 Å². The zero-order valence-electron chi connectivity index (χ0n) is 18.1. The number of guanidine groups is 1. The van der Waals surface area contributed by atoms with E-state index in [0.717, 1.165) is 28.6 Å². The highest BCUT2D eigenvalue weighted by atomic mass is 16.5. The van der Waals surface area contributed by atoms with E-state index in [2.05, 4.69) is 21.7 Å². The lowest BCUT2D eigenvalue weighted by molar-refractivity contribution is 0.129. The molecule has 2 aromatic carbocycles. The van der Waals surface area contributed by atoms with E-state index in [9.17, 15) is 0 Å². The first-order valence-electron chi connectivity index (χ1n) is 9.83. The van der Waals surface area contributed by atoms with Gasteiger partial charge in [-0.05, 0) is 44.5 Å². The Bertz CT molecular complexity index is 768. The normalized spacial score (nSPS) is 11.8. The number of methoxy groups -OCH3 is 1. The molecule has 29 heavy (non-hydrogen) atoms. The van der Waals surface area contributed by atoms with Crippen LogP contribution in [0.3, 0.4) is 0 Å². The van der Waals surface area contributed by atoms with Crippen LogP contribution in [0.1, 0.15) is 31.9 Å². The second-order valence-corrected chi connectivity index (χ2v) is 7.59. The summed E-state index contributed by atoms with van der Waals surface area (Å²) in [6.07, 6.45) is 0. The highest BCUT2D eigenvalue weighted by molar-refractivity contribution is 5.79. The molecule has 0 fully saturated rings. The summed E-state index contributed by atoms with van der Waals surface area (Å²) in [6, 6.07) is 16.0. The first-order chi connectivity index (χ1) is 13.9. The van der Waals surface area contributed by atoms with E-state index in [0.29, 0.717) is 26.3 Å². The number of benzene rings is 2. The molecule has 0 unspecified atom stereocenters. The largest absolute Gasteiger partial charge is 0.491 e. The number of hydrogen-bond acceptors (Lipinski definition) is 4. The minimum Gasteiger partial charge on any atom is -0.491 e. The van der Waals surface area contributed by atoms with E-state index in [4.69, 9.17) is 14.2 Å². The Kier molecular flexibility index (Phi) is 8.80. The minimum atomic E-state index is -0.241. The average Bonchev–Trinajstić information content (AvgIpc) is 2.69. The van der Waals surface area contributed by atoms with E-state index in [1.54, 1.807) is 14.2 Å². The van der Waals surface area contributed by atoms with Crippen molar-refractivity contribution in [2.45, 2.75) is 39.5 Å². The van der Waals surface area contributed by atoms with Gasteiger partial charge in [-0.2, -0.15) is 0 Å². The van der Waals surface area contributed by atoms with Gasteiger partial charge < -0.3 is 24.8 Å². The molecule has 0 saturated heterocycles. The van der Waals surface area contributed by atoms with Crippen LogP contribution in [-0.4, -0.2) is 38.9 Å². The van der Waals surface area contributed by atoms with Crippen molar-refractivity contribution in [1.82, 2.24) is 10.6 Å². The molecule has 0 aliphatic heterocycles. The highest BCUT2D eigenvalue weighted by Gasteiger charge is 2.14. The summed E-state index contributed by atoms with van der Waals surface area (Å²) in [4.78, 5) is 4.30. The first kappa shape index (κ1) is 22.6. The summed E-state index contributed by atoms with van der Waals surface area (Å²) < 4.78 is 16.6. The molecule has 2 aromatic rings. The van der Waals surface area contributed by atoms with Gasteiger partial charge in [-0.1, -0.05) is 30.3 Å². The number of nitrogens with zero attached hydrogens (tertiary/aromatic N) is 1. The lowest BCUT2D eigenvalue weighted by atomic mass is 10.1. The Labute approximate surface area is 174 Å². The second kappa shape index (κ2) is 11.3. The van der Waals surface area contributed by atoms with Gasteiger partial charge in [0.2, 0.25) is 0 Å². The summed E-state index contributed by atoms with van der Waals surface area (Å²) in [5.41, 5.74) is 1.99. The van der Waals surface area contributed by atoms with Crippen LogP contribution in [0.4, 0.5) is 0 Å². The van der Waals surface area contributed by atoms with Crippen molar-refractivity contribution in [3.05, 3.63) is 59.7 Å². The Hall–Kier alpha value is -2.73. The van der Waals surface area contributed by atoms with Crippen LogP contribution in [0.25, 0.3) is 0 Å². The van der Waals surface area contributed by atoms with Crippen molar-refractivity contribution in [2.75, 3.05) is 27.4 Å². The molecule has 2 N–H and O–H groups in total. The summed E-state index contributed by atoms with van der Waals surface area (Å²) in [5, 5.41) is 6.68. The van der Waals surface area contributed by atoms with Gasteiger partial charge in [0.25, 0.3) is 0 Å². The summed E-state index contributed by atoms with van der Waals surface area (Å²) in [6.45, 7) is 8.55. The van der Waals surface area contributed by atoms with Crippen molar-refractivity contribution >= 4 is 5.96 Å². The monoisotopic (exact) mass is 399 g/mol. The van der Waals surface area contributed by atoms with Gasteiger partial charge in [0.05, 0.1) is 6.61 Å². The number of para-hydroxylation sites is 1. The van der Waals surface area contributed by atoms with Gasteiger partial charge in [0, 0.05) is 32.8 Å². The summed E-state index contributed by atoms with van der Waals surface area (Å²) >= 11 is 0. The van der Waals surface area contributed by atoms with Crippen molar-refractivity contribution in [3.8, 4) is 11.5 Å². The number of rotatable bonds is 9. The fourth-order valence-corrected chi connectivity index (χ4v) is 2.61. The van der Waals surface area contributed by atoms with E-state index in [1.807, 2.05) is 63.2 Å². The van der Waals surface area contributed by atoms with Crippen LogP contribution in [-0.2, 0) is 17.8 Å². The Morgan fingerprint density at radius 1 is 0.931 bits per heavy atom. The molecular formula is C23H33N3O3. The molecule has 6 nitrogen and oxygen atoms in total. The van der Waals surface area contributed by atoms with E-state index in [-0.39, 0.29) is 5.60 Å². The maximum Gasteiger partial charge on any atom is 0.191 e. The molecule has 0 aliphatic carbocycles. The van der Waals surface area contributed by atoms with Crippen molar-refractivity contribution in [2.24, 2.45) is 4.99 Å². The van der Waals surface area contributed by atoms with Gasteiger partial charge >= 0.3 is 0 Å². The van der Waals surface area contributed by atoms with Crippen molar-refractivity contribution in [3.63, 3.8) is 0 Å². The van der Waals surface area contributed by atoms with Crippen molar-refractivity contribution < 1.29 is 14.2 Å². The van der Waals surface area contributed by atoms with Crippen LogP contribution in [0.15, 0.2) is 53.5 Å². The smallest absolute Gasteiger partial charge is 0.191 e. The van der Waals surface area contributed by atoms with Crippen LogP contribution in [0.5, 0.6) is 11.5 Å². The van der Waals surface area contributed by atoms with E-state index < -0.39 is 0 Å².